The molecule has 34 heavy (non-hydrogen) atoms. The van der Waals surface area contributed by atoms with Crippen molar-refractivity contribution in [3.63, 3.8) is 0 Å². The Balaban J connectivity index is 1.74. The number of methoxy groups -OCH3 is 1. The van der Waals surface area contributed by atoms with Gasteiger partial charge in [-0.05, 0) is 55.3 Å². The number of hydrogen-bond donors (Lipinski definition) is 1. The Bertz CT molecular complexity index is 1110. The number of likely N-dealkylation sites (N-methyl/N-ethyl adjacent to an activating group) is 1. The molecule has 0 spiro atoms. The van der Waals surface area contributed by atoms with Crippen molar-refractivity contribution in [2.24, 2.45) is 0 Å². The monoisotopic (exact) mass is 489 g/mol. The topological polar surface area (TPSA) is 105 Å². The lowest BCUT2D eigenvalue weighted by Crippen LogP contribution is -2.32. The average molecular weight is 490 g/mol. The van der Waals surface area contributed by atoms with Gasteiger partial charge in [-0.3, -0.25) is 9.59 Å². The highest BCUT2D eigenvalue weighted by Gasteiger charge is 2.29. The lowest BCUT2D eigenvalue weighted by molar-refractivity contribution is -0.130. The number of benzene rings is 2. The summed E-state index contributed by atoms with van der Waals surface area (Å²) in [7, 11) is 0.901. The van der Waals surface area contributed by atoms with Crippen LogP contribution in [0.1, 0.15) is 36.0 Å². The predicted octanol–water partition coefficient (Wildman–Crippen LogP) is 2.98. The van der Waals surface area contributed by atoms with Gasteiger partial charge in [-0.2, -0.15) is 4.31 Å². The molecule has 9 nitrogen and oxygen atoms in total. The van der Waals surface area contributed by atoms with Crippen molar-refractivity contribution in [2.75, 3.05) is 46.2 Å². The highest BCUT2D eigenvalue weighted by molar-refractivity contribution is 7.89. The Labute approximate surface area is 200 Å². The third-order valence-electron chi connectivity index (χ3n) is 5.58. The van der Waals surface area contributed by atoms with Gasteiger partial charge in [0.1, 0.15) is 16.4 Å². The first kappa shape index (κ1) is 25.5. The average Bonchev–Trinajstić information content (AvgIpc) is 3.13. The van der Waals surface area contributed by atoms with E-state index in [1.807, 2.05) is 0 Å². The lowest BCUT2D eigenvalue weighted by atomic mass is 10.2. The molecular weight excluding hydrogens is 458 g/mol. The normalized spacial score (nSPS) is 14.7. The van der Waals surface area contributed by atoms with Crippen molar-refractivity contribution in [2.45, 2.75) is 30.6 Å². The summed E-state index contributed by atoms with van der Waals surface area (Å²) in [6.45, 7) is 0.825. The van der Waals surface area contributed by atoms with Crippen molar-refractivity contribution in [3.8, 4) is 11.5 Å². The quantitative estimate of drug-likeness (QED) is 0.611. The number of nitrogens with one attached hydrogen (secondary N) is 1. The molecule has 0 bridgehead atoms. The molecule has 2 aromatic carbocycles. The van der Waals surface area contributed by atoms with Crippen molar-refractivity contribution in [3.05, 3.63) is 48.0 Å². The zero-order valence-electron chi connectivity index (χ0n) is 19.7. The largest absolute Gasteiger partial charge is 0.495 e. The fraction of sp³-hybridized carbons (Fsp3) is 0.417. The van der Waals surface area contributed by atoms with Gasteiger partial charge in [-0.1, -0.05) is 12.8 Å². The molecule has 0 atom stereocenters. The van der Waals surface area contributed by atoms with Gasteiger partial charge in [-0.15, -0.1) is 0 Å². The maximum absolute atomic E-state index is 13.3. The molecule has 1 heterocycles. The first-order valence-electron chi connectivity index (χ1n) is 11.1. The molecule has 0 radical (unpaired) electrons. The minimum Gasteiger partial charge on any atom is -0.495 e. The van der Waals surface area contributed by atoms with Gasteiger partial charge in [0.25, 0.3) is 11.8 Å². The molecule has 0 aromatic heterocycles. The van der Waals surface area contributed by atoms with Crippen LogP contribution >= 0.6 is 0 Å². The summed E-state index contributed by atoms with van der Waals surface area (Å²) in [5.41, 5.74) is 0.704. The molecule has 2 amide bonds. The van der Waals surface area contributed by atoms with Crippen LogP contribution in [0.25, 0.3) is 0 Å². The first-order chi connectivity index (χ1) is 16.2. The molecule has 1 aliphatic rings. The summed E-state index contributed by atoms with van der Waals surface area (Å²) >= 11 is 0. The SMILES string of the molecule is COc1ccc(C(=O)Nc2ccc(OCC(=O)N(C)C)cc2)cc1S(=O)(=O)N1CCCCCC1. The highest BCUT2D eigenvalue weighted by atomic mass is 32.2. The molecule has 3 rings (SSSR count). The lowest BCUT2D eigenvalue weighted by Gasteiger charge is -2.21. The molecular formula is C24H31N3O6S. The molecule has 184 valence electrons. The van der Waals surface area contributed by atoms with Gasteiger partial charge in [0.15, 0.2) is 6.61 Å². The van der Waals surface area contributed by atoms with E-state index < -0.39 is 15.9 Å². The van der Waals surface area contributed by atoms with Crippen LogP contribution in [0.4, 0.5) is 5.69 Å². The number of ether oxygens (including phenoxy) is 2. The van der Waals surface area contributed by atoms with Crippen molar-refractivity contribution < 1.29 is 27.5 Å². The molecule has 1 saturated heterocycles. The van der Waals surface area contributed by atoms with E-state index in [0.29, 0.717) is 24.5 Å². The Kier molecular flexibility index (Phi) is 8.51. The summed E-state index contributed by atoms with van der Waals surface area (Å²) in [5, 5.41) is 2.76. The first-order valence-corrected chi connectivity index (χ1v) is 12.6. The second kappa shape index (κ2) is 11.3. The van der Waals surface area contributed by atoms with Crippen LogP contribution in [0.3, 0.4) is 0 Å². The van der Waals surface area contributed by atoms with E-state index in [1.54, 1.807) is 38.4 Å². The standard InChI is InChI=1S/C24H31N3O6S/c1-26(2)23(28)17-33-20-11-9-19(10-12-20)25-24(29)18-8-13-21(32-3)22(16-18)34(30,31)27-14-6-4-5-7-15-27/h8-13,16H,4-7,14-15,17H2,1-3H3,(H,25,29). The highest BCUT2D eigenvalue weighted by Crippen LogP contribution is 2.30. The van der Waals surface area contributed by atoms with Crippen LogP contribution < -0.4 is 14.8 Å². The van der Waals surface area contributed by atoms with Crippen LogP contribution in [0, 0.1) is 0 Å². The zero-order chi connectivity index (χ0) is 24.7. The third-order valence-corrected chi connectivity index (χ3v) is 7.50. The van der Waals surface area contributed by atoms with Crippen LogP contribution in [0.2, 0.25) is 0 Å². The van der Waals surface area contributed by atoms with Crippen molar-refractivity contribution >= 4 is 27.5 Å². The third kappa shape index (κ3) is 6.27. The number of carbonyl (C=O) groups is 2. The number of amides is 2. The van der Waals surface area contributed by atoms with E-state index in [1.165, 1.54) is 34.5 Å². The smallest absolute Gasteiger partial charge is 0.259 e. The number of anilines is 1. The molecule has 0 aliphatic carbocycles. The molecule has 1 N–H and O–H groups in total. The molecule has 1 aliphatic heterocycles. The number of nitrogens with zero attached hydrogens (tertiary/aromatic N) is 2. The van der Waals surface area contributed by atoms with E-state index >= 15 is 0 Å². The van der Waals surface area contributed by atoms with Crippen LogP contribution in [-0.2, 0) is 14.8 Å². The number of sulfonamides is 1. The Morgan fingerprint density at radius 2 is 1.65 bits per heavy atom. The van der Waals surface area contributed by atoms with E-state index in [0.717, 1.165) is 25.7 Å². The second-order valence-electron chi connectivity index (χ2n) is 8.24. The van der Waals surface area contributed by atoms with Gasteiger partial charge in [0.05, 0.1) is 7.11 Å². The molecule has 10 heteroatoms. The molecule has 2 aromatic rings. The van der Waals surface area contributed by atoms with Crippen LogP contribution in [0.5, 0.6) is 11.5 Å². The second-order valence-corrected chi connectivity index (χ2v) is 10.1. The fourth-order valence-electron chi connectivity index (χ4n) is 3.55. The Hall–Kier alpha value is -3.11. The van der Waals surface area contributed by atoms with E-state index in [2.05, 4.69) is 5.32 Å². The zero-order valence-corrected chi connectivity index (χ0v) is 20.6. The number of rotatable bonds is 8. The summed E-state index contributed by atoms with van der Waals surface area (Å²) in [6, 6.07) is 11.0. The van der Waals surface area contributed by atoms with Gasteiger partial charge < -0.3 is 19.7 Å². The van der Waals surface area contributed by atoms with Crippen LogP contribution in [-0.4, -0.2) is 70.3 Å². The summed E-state index contributed by atoms with van der Waals surface area (Å²) in [4.78, 5) is 25.9. The molecule has 1 fully saturated rings. The van der Waals surface area contributed by atoms with Crippen molar-refractivity contribution in [1.29, 1.82) is 0 Å². The maximum Gasteiger partial charge on any atom is 0.259 e. The number of carbonyl (C=O) groups excluding carboxylic acids is 2. The Morgan fingerprint density at radius 1 is 1.00 bits per heavy atom. The van der Waals surface area contributed by atoms with E-state index in [9.17, 15) is 18.0 Å². The Morgan fingerprint density at radius 3 is 2.24 bits per heavy atom. The molecule has 0 saturated carbocycles. The molecule has 0 unspecified atom stereocenters. The minimum atomic E-state index is -3.80. The van der Waals surface area contributed by atoms with Gasteiger partial charge in [-0.25, -0.2) is 8.42 Å². The minimum absolute atomic E-state index is 0.0149. The summed E-state index contributed by atoms with van der Waals surface area (Å²) in [6.07, 6.45) is 3.62. The van der Waals surface area contributed by atoms with Gasteiger partial charge in [0.2, 0.25) is 10.0 Å². The predicted molar refractivity (Wildman–Crippen MR) is 129 cm³/mol. The summed E-state index contributed by atoms with van der Waals surface area (Å²) in [5.74, 6) is 0.0762. The van der Waals surface area contributed by atoms with Gasteiger partial charge >= 0.3 is 0 Å². The fourth-order valence-corrected chi connectivity index (χ4v) is 5.25. The maximum atomic E-state index is 13.3. The van der Waals surface area contributed by atoms with Gasteiger partial charge in [0, 0.05) is 38.4 Å². The van der Waals surface area contributed by atoms with Crippen molar-refractivity contribution in [1.82, 2.24) is 9.21 Å². The van der Waals surface area contributed by atoms with E-state index in [4.69, 9.17) is 9.47 Å². The summed E-state index contributed by atoms with van der Waals surface area (Å²) < 4.78 is 38.8. The van der Waals surface area contributed by atoms with E-state index in [-0.39, 0.29) is 28.7 Å². The van der Waals surface area contributed by atoms with Crippen LogP contribution in [0.15, 0.2) is 47.4 Å². The number of hydrogen-bond acceptors (Lipinski definition) is 6.